The first-order valence-electron chi connectivity index (χ1n) is 14.4. The largest absolute Gasteiger partial charge is 0.400 e. The van der Waals surface area contributed by atoms with Crippen molar-refractivity contribution >= 4 is 76.9 Å². The lowest BCUT2D eigenvalue weighted by molar-refractivity contribution is 0.633. The van der Waals surface area contributed by atoms with Gasteiger partial charge in [0.1, 0.15) is 0 Å². The van der Waals surface area contributed by atoms with Crippen LogP contribution in [0.25, 0.3) is 76.9 Å². The molecule has 0 saturated heterocycles. The molecule has 1 unspecified atom stereocenters. The van der Waals surface area contributed by atoms with Gasteiger partial charge in [0.2, 0.25) is 0 Å². The van der Waals surface area contributed by atoms with Crippen molar-refractivity contribution in [2.45, 2.75) is 61.4 Å². The molecule has 2 N–H and O–H groups in total. The van der Waals surface area contributed by atoms with Crippen LogP contribution < -0.4 is 5.73 Å². The van der Waals surface area contributed by atoms with Crippen LogP contribution in [0, 0.1) is 48.5 Å². The quantitative estimate of drug-likeness (QED) is 0.160. The molecule has 4 heteroatoms. The van der Waals surface area contributed by atoms with Gasteiger partial charge in [0, 0.05) is 49.9 Å². The number of aromatic nitrogens is 3. The molecule has 0 fully saturated rings. The van der Waals surface area contributed by atoms with Gasteiger partial charge in [-0.15, -0.1) is 0 Å². The van der Waals surface area contributed by atoms with Gasteiger partial charge in [-0.25, -0.2) is 4.98 Å². The van der Waals surface area contributed by atoms with Crippen LogP contribution in [0.1, 0.15) is 57.5 Å². The predicted molar refractivity (Wildman–Crippen MR) is 171 cm³/mol. The summed E-state index contributed by atoms with van der Waals surface area (Å²) in [6.45, 7) is 18.3. The number of hydrogen-bond acceptors (Lipinski definition) is 2. The molecule has 0 aliphatic carbocycles. The second kappa shape index (κ2) is 6.69. The standard InChI is InChI=1S/C36H32N4/c1-14-9-25-31-28(16(14)3)17(4)18(5)29-20(7)30-19(6)27-15(2)13-39-21(8)24(37)11-22-10-23-12-26(38-25)32(33(29)31)35(30)40(23)36(27)34(22)39/h9-13,21H,37H2,1-8H3. The van der Waals surface area contributed by atoms with Gasteiger partial charge in [-0.3, -0.25) is 0 Å². The highest BCUT2D eigenvalue weighted by Gasteiger charge is 2.29. The highest BCUT2D eigenvalue weighted by Crippen LogP contribution is 2.50. The van der Waals surface area contributed by atoms with Gasteiger partial charge >= 0.3 is 0 Å². The van der Waals surface area contributed by atoms with Crippen LogP contribution >= 0.6 is 0 Å². The molecular formula is C36H32N4. The molecule has 1 aliphatic heterocycles. The summed E-state index contributed by atoms with van der Waals surface area (Å²) in [5.41, 5.74) is 25.3. The lowest BCUT2D eigenvalue weighted by Gasteiger charge is -2.31. The zero-order valence-corrected chi connectivity index (χ0v) is 24.4. The maximum absolute atomic E-state index is 6.58. The summed E-state index contributed by atoms with van der Waals surface area (Å²) in [5, 5.41) is 9.50. The maximum atomic E-state index is 6.58. The fraction of sp³-hybridized carbons (Fsp3) is 0.250. The Balaban J connectivity index is 1.72. The van der Waals surface area contributed by atoms with Gasteiger partial charge in [0.05, 0.1) is 33.6 Å². The van der Waals surface area contributed by atoms with Crippen molar-refractivity contribution in [2.24, 2.45) is 5.73 Å². The SMILES string of the molecule is Cc1cc2nc3cc4cc5c6c7c(c(C)cn6C(C)C(N)=C5)c(C)c5c(C)c6c(C)c(C)c(c1C)c2c6c3c5n47. The van der Waals surface area contributed by atoms with E-state index in [-0.39, 0.29) is 6.04 Å². The van der Waals surface area contributed by atoms with Crippen molar-refractivity contribution < 1.29 is 0 Å². The molecule has 0 radical (unpaired) electrons. The minimum atomic E-state index is 0.116. The van der Waals surface area contributed by atoms with E-state index in [0.29, 0.717) is 0 Å². The van der Waals surface area contributed by atoms with Crippen LogP contribution in [0.3, 0.4) is 0 Å². The monoisotopic (exact) mass is 520 g/mol. The summed E-state index contributed by atoms with van der Waals surface area (Å²) < 4.78 is 4.94. The first kappa shape index (κ1) is 22.5. The highest BCUT2D eigenvalue weighted by molar-refractivity contribution is 6.36. The number of hydrogen-bond donors (Lipinski definition) is 1. The van der Waals surface area contributed by atoms with Crippen molar-refractivity contribution in [1.82, 2.24) is 14.0 Å². The van der Waals surface area contributed by atoms with E-state index in [1.807, 2.05) is 0 Å². The minimum absolute atomic E-state index is 0.116. The molecule has 196 valence electrons. The van der Waals surface area contributed by atoms with E-state index in [2.05, 4.69) is 94.8 Å². The molecule has 5 aromatic heterocycles. The summed E-state index contributed by atoms with van der Waals surface area (Å²) in [7, 11) is 0. The average molecular weight is 521 g/mol. The minimum Gasteiger partial charge on any atom is -0.400 e. The lowest BCUT2D eigenvalue weighted by atomic mass is 9.82. The van der Waals surface area contributed by atoms with Crippen molar-refractivity contribution in [1.29, 1.82) is 0 Å². The third-order valence-corrected chi connectivity index (χ3v) is 10.6. The van der Waals surface area contributed by atoms with E-state index >= 15 is 0 Å². The van der Waals surface area contributed by atoms with Crippen molar-refractivity contribution in [3.63, 3.8) is 0 Å². The molecule has 0 bridgehead atoms. The molecule has 6 heterocycles. The van der Waals surface area contributed by atoms with Crippen LogP contribution in [0.15, 0.2) is 30.1 Å². The summed E-state index contributed by atoms with van der Waals surface area (Å²) in [6.07, 6.45) is 4.49. The second-order valence-corrected chi connectivity index (χ2v) is 12.5. The number of nitrogens with two attached hydrogens (primary N) is 1. The van der Waals surface area contributed by atoms with E-state index in [0.717, 1.165) is 16.7 Å². The van der Waals surface area contributed by atoms with Crippen LogP contribution in [0.2, 0.25) is 0 Å². The highest BCUT2D eigenvalue weighted by atomic mass is 15.0. The van der Waals surface area contributed by atoms with E-state index in [9.17, 15) is 0 Å². The van der Waals surface area contributed by atoms with Crippen molar-refractivity contribution in [3.8, 4) is 0 Å². The van der Waals surface area contributed by atoms with Gasteiger partial charge in [-0.1, -0.05) is 0 Å². The van der Waals surface area contributed by atoms with E-state index < -0.39 is 0 Å². The molecule has 4 nitrogen and oxygen atoms in total. The second-order valence-electron chi connectivity index (χ2n) is 12.5. The zero-order chi connectivity index (χ0) is 27.7. The number of benzene rings is 3. The molecule has 0 saturated carbocycles. The van der Waals surface area contributed by atoms with Gasteiger partial charge in [-0.2, -0.15) is 0 Å². The Labute approximate surface area is 232 Å². The van der Waals surface area contributed by atoms with Gasteiger partial charge in [0.15, 0.2) is 0 Å². The zero-order valence-electron chi connectivity index (χ0n) is 24.4. The molecular weight excluding hydrogens is 488 g/mol. The summed E-state index contributed by atoms with van der Waals surface area (Å²) in [6, 6.07) is 7.04. The van der Waals surface area contributed by atoms with Crippen LogP contribution in [-0.2, 0) is 0 Å². The number of pyridine rings is 5. The van der Waals surface area contributed by atoms with Crippen LogP contribution in [0.5, 0.6) is 0 Å². The molecule has 1 atom stereocenters. The smallest absolute Gasteiger partial charge is 0.0784 e. The third kappa shape index (κ3) is 2.21. The number of aryl methyl sites for hydroxylation is 7. The third-order valence-electron chi connectivity index (χ3n) is 10.6. The Kier molecular flexibility index (Phi) is 3.77. The van der Waals surface area contributed by atoms with E-state index in [1.54, 1.807) is 0 Å². The fourth-order valence-corrected chi connectivity index (χ4v) is 8.53. The number of rotatable bonds is 0. The topological polar surface area (TPSA) is 48.2 Å². The predicted octanol–water partition coefficient (Wildman–Crippen LogP) is 8.96. The molecule has 0 amide bonds. The Bertz CT molecular complexity index is 2510. The Morgan fingerprint density at radius 1 is 0.625 bits per heavy atom. The lowest BCUT2D eigenvalue weighted by Crippen LogP contribution is -2.20. The fourth-order valence-electron chi connectivity index (χ4n) is 8.53. The van der Waals surface area contributed by atoms with Crippen LogP contribution in [-0.4, -0.2) is 14.0 Å². The maximum Gasteiger partial charge on any atom is 0.0784 e. The summed E-state index contributed by atoms with van der Waals surface area (Å²) in [4.78, 5) is 5.41. The molecule has 3 aromatic carbocycles. The van der Waals surface area contributed by atoms with Gasteiger partial charge < -0.3 is 14.7 Å². The average Bonchev–Trinajstić information content (AvgIpc) is 2.90. The summed E-state index contributed by atoms with van der Waals surface area (Å²) in [5.74, 6) is 0. The van der Waals surface area contributed by atoms with Gasteiger partial charge in [-0.05, 0) is 129 Å². The normalized spacial score (nSPS) is 16.0. The molecule has 0 spiro atoms. The molecule has 8 aromatic rings. The first-order chi connectivity index (χ1) is 19.1. The van der Waals surface area contributed by atoms with Gasteiger partial charge in [0.25, 0.3) is 0 Å². The first-order valence-corrected chi connectivity index (χ1v) is 14.4. The summed E-state index contributed by atoms with van der Waals surface area (Å²) >= 11 is 0. The Hall–Kier alpha value is -4.31. The van der Waals surface area contributed by atoms with Crippen LogP contribution in [0.4, 0.5) is 0 Å². The Morgan fingerprint density at radius 2 is 1.30 bits per heavy atom. The van der Waals surface area contributed by atoms with Crippen molar-refractivity contribution in [2.75, 3.05) is 0 Å². The van der Waals surface area contributed by atoms with Crippen molar-refractivity contribution in [3.05, 3.63) is 74.6 Å². The number of allylic oxidation sites excluding steroid dienone is 1. The molecule has 1 aliphatic rings. The van der Waals surface area contributed by atoms with E-state index in [4.69, 9.17) is 10.7 Å². The van der Waals surface area contributed by atoms with E-state index in [1.165, 1.54) is 104 Å². The number of nitrogens with zero attached hydrogens (tertiary/aromatic N) is 3. The molecule has 40 heavy (non-hydrogen) atoms. The Morgan fingerprint density at radius 3 is 2.05 bits per heavy atom. The molecule has 9 rings (SSSR count).